The molecule has 0 aliphatic rings. The number of carbonyl (C=O) groups is 3. The summed E-state index contributed by atoms with van der Waals surface area (Å²) in [7, 11) is 2.08. The second-order valence-electron chi connectivity index (χ2n) is 20.5. The zero-order chi connectivity index (χ0) is 49.5. The van der Waals surface area contributed by atoms with Gasteiger partial charge in [-0.25, -0.2) is 0 Å². The summed E-state index contributed by atoms with van der Waals surface area (Å²) in [5.74, 6) is -0.439. The van der Waals surface area contributed by atoms with Crippen LogP contribution in [0.15, 0.2) is 36.5 Å². The van der Waals surface area contributed by atoms with Gasteiger partial charge in [0.2, 0.25) is 0 Å². The molecule has 7 nitrogen and oxygen atoms in total. The lowest BCUT2D eigenvalue weighted by Gasteiger charge is -2.34. The highest BCUT2D eigenvalue weighted by Crippen LogP contribution is 2.15. The average Bonchev–Trinajstić information content (AvgIpc) is 3.32. The first-order valence-electron chi connectivity index (χ1n) is 29.6. The van der Waals surface area contributed by atoms with Crippen LogP contribution >= 0.6 is 0 Å². The lowest BCUT2D eigenvalue weighted by Crippen LogP contribution is -3.00. The molecule has 0 heterocycles. The van der Waals surface area contributed by atoms with E-state index in [2.05, 4.69) is 64.3 Å². The van der Waals surface area contributed by atoms with Gasteiger partial charge in [-0.3, -0.25) is 14.4 Å². The summed E-state index contributed by atoms with van der Waals surface area (Å²) < 4.78 is 17.6. The Morgan fingerprint density at radius 2 is 0.493 bits per heavy atom. The van der Waals surface area contributed by atoms with E-state index >= 15 is 0 Å². The van der Waals surface area contributed by atoms with Gasteiger partial charge in [-0.05, 0) is 96.3 Å². The predicted octanol–water partition coefficient (Wildman–Crippen LogP) is 15.2. The number of nitrogens with zero attached hydrogens (tertiary/aromatic N) is 1. The summed E-state index contributed by atoms with van der Waals surface area (Å²) in [6.45, 7) is 9.43. The van der Waals surface area contributed by atoms with Crippen LogP contribution in [0.4, 0.5) is 0 Å². The first-order chi connectivity index (χ1) is 33.4. The van der Waals surface area contributed by atoms with E-state index in [0.29, 0.717) is 63.2 Å². The van der Waals surface area contributed by atoms with Gasteiger partial charge in [0.25, 0.3) is 0 Å². The van der Waals surface area contributed by atoms with Crippen molar-refractivity contribution in [1.82, 2.24) is 0 Å². The van der Waals surface area contributed by atoms with Crippen molar-refractivity contribution >= 4 is 17.9 Å². The van der Waals surface area contributed by atoms with Crippen LogP contribution in [0.2, 0.25) is 0 Å². The molecule has 0 saturated heterocycles. The molecule has 0 aliphatic heterocycles. The minimum absolute atomic E-state index is 0. The third kappa shape index (κ3) is 55.1. The predicted molar refractivity (Wildman–Crippen MR) is 292 cm³/mol. The van der Waals surface area contributed by atoms with Crippen molar-refractivity contribution in [3.05, 3.63) is 36.5 Å². The van der Waals surface area contributed by atoms with Crippen LogP contribution in [0, 0.1) is 0 Å². The number of likely N-dealkylation sites (N-methyl/N-ethyl adjacent to an activating group) is 1. The SMILES string of the molecule is CCCCCCCCC=CCCCCCCCC(=O)OCC[N+](C)(CCOC(=O)CCCCCCC/C=C\CCCCCCCC)CCOC(=O)CCCCCCC/C=C\CCCCCCCC.[Cl-]. The monoisotopic (exact) mass is 992 g/mol. The topological polar surface area (TPSA) is 78.9 Å². The van der Waals surface area contributed by atoms with E-state index in [0.717, 1.165) is 77.0 Å². The van der Waals surface area contributed by atoms with Crippen molar-refractivity contribution in [3.8, 4) is 0 Å². The van der Waals surface area contributed by atoms with Crippen molar-refractivity contribution < 1.29 is 45.5 Å². The fraction of sp³-hybridized carbons (Fsp3) is 0.852. The molecule has 0 aromatic heterocycles. The van der Waals surface area contributed by atoms with Crippen LogP contribution in [0.5, 0.6) is 0 Å². The zero-order valence-corrected chi connectivity index (χ0v) is 46.9. The summed E-state index contributed by atoms with van der Waals surface area (Å²) in [6.07, 6.45) is 63.4. The van der Waals surface area contributed by atoms with E-state index in [1.54, 1.807) is 0 Å². The van der Waals surface area contributed by atoms with E-state index in [1.165, 1.54) is 173 Å². The molecule has 0 unspecified atom stereocenters. The molecule has 0 spiro atoms. The van der Waals surface area contributed by atoms with E-state index in [4.69, 9.17) is 14.2 Å². The molecule has 0 aromatic rings. The quantitative estimate of drug-likeness (QED) is 0.0199. The molecule has 0 aromatic carbocycles. The molecule has 0 N–H and O–H groups in total. The molecule has 0 bridgehead atoms. The molecule has 0 aliphatic carbocycles. The minimum Gasteiger partial charge on any atom is -1.00 e. The van der Waals surface area contributed by atoms with Gasteiger partial charge < -0.3 is 31.1 Å². The van der Waals surface area contributed by atoms with E-state index < -0.39 is 0 Å². The van der Waals surface area contributed by atoms with Crippen LogP contribution in [0.25, 0.3) is 0 Å². The number of halogens is 1. The Morgan fingerprint density at radius 1 is 0.304 bits per heavy atom. The summed E-state index contributed by atoms with van der Waals surface area (Å²) in [5.41, 5.74) is 0. The maximum absolute atomic E-state index is 12.6. The summed E-state index contributed by atoms with van der Waals surface area (Å²) in [5, 5.41) is 0. The van der Waals surface area contributed by atoms with Crippen LogP contribution in [0.1, 0.15) is 290 Å². The number of unbranched alkanes of at least 4 members (excludes halogenated alkanes) is 33. The number of allylic oxidation sites excluding steroid dienone is 6. The van der Waals surface area contributed by atoms with Crippen LogP contribution in [-0.4, -0.2) is 68.9 Å². The van der Waals surface area contributed by atoms with Crippen molar-refractivity contribution in [2.75, 3.05) is 46.5 Å². The van der Waals surface area contributed by atoms with Crippen LogP contribution in [0.3, 0.4) is 0 Å². The van der Waals surface area contributed by atoms with Gasteiger partial charge in [0.1, 0.15) is 39.5 Å². The number of esters is 3. The zero-order valence-electron chi connectivity index (χ0n) is 46.2. The summed E-state index contributed by atoms with van der Waals surface area (Å²) in [6, 6.07) is 0. The van der Waals surface area contributed by atoms with Crippen molar-refractivity contribution in [1.29, 1.82) is 0 Å². The molecule has 0 fully saturated rings. The van der Waals surface area contributed by atoms with Crippen molar-refractivity contribution in [3.63, 3.8) is 0 Å². The second kappa shape index (κ2) is 56.8. The Bertz CT molecular complexity index is 1050. The van der Waals surface area contributed by atoms with E-state index in [9.17, 15) is 14.4 Å². The van der Waals surface area contributed by atoms with Gasteiger partial charge in [-0.1, -0.05) is 211 Å². The average molecular weight is 993 g/mol. The molecule has 8 heteroatoms. The van der Waals surface area contributed by atoms with Gasteiger partial charge in [-0.2, -0.15) is 0 Å². The maximum Gasteiger partial charge on any atom is 0.305 e. The number of rotatable bonds is 54. The van der Waals surface area contributed by atoms with Gasteiger partial charge in [0.05, 0.1) is 7.05 Å². The minimum atomic E-state index is -0.146. The van der Waals surface area contributed by atoms with Crippen LogP contribution < -0.4 is 12.4 Å². The van der Waals surface area contributed by atoms with Crippen LogP contribution in [-0.2, 0) is 28.6 Å². The first-order valence-corrected chi connectivity index (χ1v) is 29.6. The second-order valence-corrected chi connectivity index (χ2v) is 20.5. The molecular formula is C61H114ClNO6. The number of carbonyl (C=O) groups excluding carboxylic acids is 3. The first kappa shape index (κ1) is 69.0. The number of ether oxygens (including phenoxy) is 3. The summed E-state index contributed by atoms with van der Waals surface area (Å²) >= 11 is 0. The molecule has 0 saturated carbocycles. The lowest BCUT2D eigenvalue weighted by molar-refractivity contribution is -0.910. The molecule has 69 heavy (non-hydrogen) atoms. The normalized spacial score (nSPS) is 11.8. The highest BCUT2D eigenvalue weighted by atomic mass is 35.5. The van der Waals surface area contributed by atoms with Gasteiger partial charge in [0, 0.05) is 19.3 Å². The molecule has 0 radical (unpaired) electrons. The Morgan fingerprint density at radius 3 is 0.710 bits per heavy atom. The molecular weight excluding hydrogens is 878 g/mol. The summed E-state index contributed by atoms with van der Waals surface area (Å²) in [4.78, 5) is 37.9. The van der Waals surface area contributed by atoms with Gasteiger partial charge >= 0.3 is 17.9 Å². The largest absolute Gasteiger partial charge is 1.00 e. The van der Waals surface area contributed by atoms with Crippen molar-refractivity contribution in [2.45, 2.75) is 290 Å². The highest BCUT2D eigenvalue weighted by Gasteiger charge is 2.24. The Hall–Kier alpha value is -2.12. The Balaban J connectivity index is 0. The Labute approximate surface area is 435 Å². The third-order valence-corrected chi connectivity index (χ3v) is 13.6. The molecule has 406 valence electrons. The lowest BCUT2D eigenvalue weighted by atomic mass is 10.1. The van der Waals surface area contributed by atoms with Gasteiger partial charge in [-0.15, -0.1) is 0 Å². The van der Waals surface area contributed by atoms with E-state index in [1.807, 2.05) is 0 Å². The fourth-order valence-corrected chi connectivity index (χ4v) is 8.71. The standard InChI is InChI=1S/C61H114NO6.ClH/c1-5-8-11-14-17-20-23-26-29-32-35-38-41-44-47-50-59(63)66-56-53-62(4,54-57-67-60(64)51-48-45-42-39-36-33-30-27-24-21-18-15-12-9-6-2)55-58-68-61(65)52-49-46-43-40-37-34-31-28-25-22-19-16-13-10-7-3;/h26-31H,5-25,32-58H2,1-4H3;1H/q+1;/p-1/b29-26-,30-27-,31-28?;. The third-order valence-electron chi connectivity index (χ3n) is 13.6. The fourth-order valence-electron chi connectivity index (χ4n) is 8.71. The highest BCUT2D eigenvalue weighted by molar-refractivity contribution is 5.69. The molecule has 0 atom stereocenters. The Kier molecular flexibility index (Phi) is 56.8. The molecule has 0 rings (SSSR count). The number of hydrogen-bond donors (Lipinski definition) is 0. The van der Waals surface area contributed by atoms with E-state index in [-0.39, 0.29) is 30.3 Å². The number of hydrogen-bond acceptors (Lipinski definition) is 6. The van der Waals surface area contributed by atoms with Gasteiger partial charge in [0.15, 0.2) is 0 Å². The smallest absolute Gasteiger partial charge is 0.305 e. The number of quaternary nitrogens is 1. The maximum atomic E-state index is 12.6. The molecule has 0 amide bonds. The van der Waals surface area contributed by atoms with Crippen molar-refractivity contribution in [2.24, 2.45) is 0 Å².